The Morgan fingerprint density at radius 2 is 1.94 bits per heavy atom. The fourth-order valence-corrected chi connectivity index (χ4v) is 1.63. The van der Waals surface area contributed by atoms with Crippen LogP contribution in [0.1, 0.15) is 12.5 Å². The molecule has 1 rings (SSSR count). The Labute approximate surface area is 111 Å². The molecule has 0 aliphatic rings. The van der Waals surface area contributed by atoms with Gasteiger partial charge in [-0.3, -0.25) is 0 Å². The number of hydrogen-bond donors (Lipinski definition) is 2. The third-order valence-corrected chi connectivity index (χ3v) is 2.47. The highest BCUT2D eigenvalue weighted by atomic mass is 32.1. The number of rotatable bonds is 6. The normalized spacial score (nSPS) is 10.2. The first kappa shape index (κ1) is 14.6. The van der Waals surface area contributed by atoms with Gasteiger partial charge in [0.05, 0.1) is 0 Å². The summed E-state index contributed by atoms with van der Waals surface area (Å²) in [5, 5.41) is 6.65. The van der Waals surface area contributed by atoms with Crippen LogP contribution < -0.4 is 15.4 Å². The van der Waals surface area contributed by atoms with Crippen LogP contribution in [0.3, 0.4) is 0 Å². The van der Waals surface area contributed by atoms with E-state index in [0.717, 1.165) is 18.5 Å². The Hall–Kier alpha value is -1.43. The van der Waals surface area contributed by atoms with Gasteiger partial charge in [-0.1, -0.05) is 12.1 Å². The van der Waals surface area contributed by atoms with E-state index in [1.807, 2.05) is 6.92 Å². The van der Waals surface area contributed by atoms with Crippen LogP contribution in [0.25, 0.3) is 0 Å². The summed E-state index contributed by atoms with van der Waals surface area (Å²) in [6.07, 6.45) is 0.764. The van der Waals surface area contributed by atoms with Crippen LogP contribution in [0.5, 0.6) is 5.75 Å². The average molecular weight is 274 g/mol. The molecule has 0 saturated heterocycles. The Morgan fingerprint density at radius 1 is 1.28 bits per heavy atom. The van der Waals surface area contributed by atoms with Gasteiger partial charge in [-0.15, -0.1) is 0 Å². The minimum absolute atomic E-state index is 0.171. The van der Waals surface area contributed by atoms with Crippen molar-refractivity contribution in [3.63, 3.8) is 0 Å². The van der Waals surface area contributed by atoms with Crippen molar-refractivity contribution in [3.8, 4) is 5.75 Å². The highest BCUT2D eigenvalue weighted by Gasteiger charge is 2.03. The van der Waals surface area contributed by atoms with E-state index in [1.54, 1.807) is 12.1 Å². The molecule has 18 heavy (non-hydrogen) atoms. The molecule has 0 saturated carbocycles. The summed E-state index contributed by atoms with van der Waals surface area (Å²) >= 11 is 5.01. The summed E-state index contributed by atoms with van der Waals surface area (Å²) in [6, 6.07) is 6.58. The van der Waals surface area contributed by atoms with E-state index in [-0.39, 0.29) is 5.75 Å². The molecular formula is C12H16F2N2OS. The van der Waals surface area contributed by atoms with Gasteiger partial charge in [0.15, 0.2) is 5.11 Å². The van der Waals surface area contributed by atoms with Gasteiger partial charge in [-0.05, 0) is 43.3 Å². The lowest BCUT2D eigenvalue weighted by molar-refractivity contribution is -0.0498. The van der Waals surface area contributed by atoms with Gasteiger partial charge in [0.1, 0.15) is 5.75 Å². The maximum atomic E-state index is 11.9. The molecule has 0 aromatic heterocycles. The molecule has 0 atom stereocenters. The SMILES string of the molecule is CCNC(=S)NCCc1ccc(OC(F)F)cc1. The van der Waals surface area contributed by atoms with Crippen molar-refractivity contribution in [2.75, 3.05) is 13.1 Å². The van der Waals surface area contributed by atoms with E-state index < -0.39 is 6.61 Å². The first-order valence-electron chi connectivity index (χ1n) is 5.67. The smallest absolute Gasteiger partial charge is 0.387 e. The molecule has 0 spiro atoms. The molecule has 0 aliphatic heterocycles. The van der Waals surface area contributed by atoms with Gasteiger partial charge in [-0.2, -0.15) is 8.78 Å². The second-order valence-corrected chi connectivity index (χ2v) is 3.97. The summed E-state index contributed by atoms with van der Waals surface area (Å²) in [4.78, 5) is 0. The lowest BCUT2D eigenvalue weighted by Gasteiger charge is -2.09. The second-order valence-electron chi connectivity index (χ2n) is 3.56. The Morgan fingerprint density at radius 3 is 2.50 bits per heavy atom. The maximum absolute atomic E-state index is 11.9. The Kier molecular flexibility index (Phi) is 6.35. The summed E-state index contributed by atoms with van der Waals surface area (Å²) in [6.45, 7) is 0.664. The first-order valence-corrected chi connectivity index (χ1v) is 6.08. The van der Waals surface area contributed by atoms with Crippen LogP contribution in [-0.2, 0) is 6.42 Å². The molecule has 0 amide bonds. The summed E-state index contributed by atoms with van der Waals surface area (Å²) in [5.41, 5.74) is 1.03. The molecule has 0 unspecified atom stereocenters. The Bertz CT molecular complexity index is 371. The van der Waals surface area contributed by atoms with Gasteiger partial charge in [0, 0.05) is 13.1 Å². The molecule has 3 nitrogen and oxygen atoms in total. The van der Waals surface area contributed by atoms with Crippen LogP contribution in [0.2, 0.25) is 0 Å². The summed E-state index contributed by atoms with van der Waals surface area (Å²) < 4.78 is 28.1. The fourth-order valence-electron chi connectivity index (χ4n) is 1.38. The van der Waals surface area contributed by atoms with Gasteiger partial charge >= 0.3 is 6.61 Å². The minimum atomic E-state index is -2.78. The van der Waals surface area contributed by atoms with Gasteiger partial charge in [-0.25, -0.2) is 0 Å². The Balaban J connectivity index is 2.33. The lowest BCUT2D eigenvalue weighted by atomic mass is 10.1. The number of benzene rings is 1. The predicted molar refractivity (Wildman–Crippen MR) is 71.1 cm³/mol. The maximum Gasteiger partial charge on any atom is 0.387 e. The first-order chi connectivity index (χ1) is 8.61. The van der Waals surface area contributed by atoms with E-state index in [4.69, 9.17) is 12.2 Å². The van der Waals surface area contributed by atoms with Crippen molar-refractivity contribution in [3.05, 3.63) is 29.8 Å². The topological polar surface area (TPSA) is 33.3 Å². The van der Waals surface area contributed by atoms with Gasteiger partial charge in [0.25, 0.3) is 0 Å². The highest BCUT2D eigenvalue weighted by molar-refractivity contribution is 7.80. The van der Waals surface area contributed by atoms with Crippen LogP contribution in [-0.4, -0.2) is 24.8 Å². The van der Waals surface area contributed by atoms with Gasteiger partial charge in [0.2, 0.25) is 0 Å². The third-order valence-electron chi connectivity index (χ3n) is 2.19. The van der Waals surface area contributed by atoms with Crippen molar-refractivity contribution in [2.24, 2.45) is 0 Å². The zero-order chi connectivity index (χ0) is 13.4. The average Bonchev–Trinajstić information content (AvgIpc) is 2.31. The van der Waals surface area contributed by atoms with Crippen LogP contribution in [0, 0.1) is 0 Å². The van der Waals surface area contributed by atoms with Crippen LogP contribution >= 0.6 is 12.2 Å². The van der Waals surface area contributed by atoms with E-state index in [1.165, 1.54) is 12.1 Å². The number of hydrogen-bond acceptors (Lipinski definition) is 2. The predicted octanol–water partition coefficient (Wildman–Crippen LogP) is 2.31. The monoisotopic (exact) mass is 274 g/mol. The number of ether oxygens (including phenoxy) is 1. The minimum Gasteiger partial charge on any atom is -0.435 e. The molecular weight excluding hydrogens is 258 g/mol. The number of alkyl halides is 2. The number of thiocarbonyl (C=S) groups is 1. The van der Waals surface area contributed by atoms with Crippen molar-refractivity contribution < 1.29 is 13.5 Å². The largest absolute Gasteiger partial charge is 0.435 e. The molecule has 100 valence electrons. The van der Waals surface area contributed by atoms with E-state index >= 15 is 0 Å². The number of halogens is 2. The molecule has 0 heterocycles. The summed E-state index contributed by atoms with van der Waals surface area (Å²) in [5.74, 6) is 0.171. The van der Waals surface area contributed by atoms with E-state index in [0.29, 0.717) is 11.7 Å². The highest BCUT2D eigenvalue weighted by Crippen LogP contribution is 2.14. The number of nitrogens with one attached hydrogen (secondary N) is 2. The lowest BCUT2D eigenvalue weighted by Crippen LogP contribution is -2.36. The van der Waals surface area contributed by atoms with Gasteiger partial charge < -0.3 is 15.4 Å². The molecule has 1 aromatic rings. The zero-order valence-corrected chi connectivity index (χ0v) is 10.9. The van der Waals surface area contributed by atoms with Crippen LogP contribution in [0.15, 0.2) is 24.3 Å². The molecule has 0 bridgehead atoms. The molecule has 6 heteroatoms. The standard InChI is InChI=1S/C12H16F2N2OS/c1-2-15-12(18)16-8-7-9-3-5-10(6-4-9)17-11(13)14/h3-6,11H,2,7-8H2,1H3,(H2,15,16,18). The van der Waals surface area contributed by atoms with Crippen molar-refractivity contribution in [1.29, 1.82) is 0 Å². The second kappa shape index (κ2) is 7.81. The quantitative estimate of drug-likeness (QED) is 0.780. The molecule has 0 aliphatic carbocycles. The molecule has 0 fully saturated rings. The van der Waals surface area contributed by atoms with E-state index in [9.17, 15) is 8.78 Å². The zero-order valence-electron chi connectivity index (χ0n) is 10.1. The molecule has 0 radical (unpaired) electrons. The van der Waals surface area contributed by atoms with Crippen molar-refractivity contribution in [2.45, 2.75) is 20.0 Å². The fraction of sp³-hybridized carbons (Fsp3) is 0.417. The molecule has 1 aromatic carbocycles. The molecule has 2 N–H and O–H groups in total. The van der Waals surface area contributed by atoms with Crippen molar-refractivity contribution >= 4 is 17.3 Å². The third kappa shape index (κ3) is 5.77. The van der Waals surface area contributed by atoms with Crippen molar-refractivity contribution in [1.82, 2.24) is 10.6 Å². The summed E-state index contributed by atoms with van der Waals surface area (Å²) in [7, 11) is 0. The van der Waals surface area contributed by atoms with Crippen LogP contribution in [0.4, 0.5) is 8.78 Å². The van der Waals surface area contributed by atoms with E-state index in [2.05, 4.69) is 15.4 Å².